The number of halogens is 1. The molecule has 0 spiro atoms. The molecule has 0 aromatic heterocycles. The monoisotopic (exact) mass is 381 g/mol. The largest absolute Gasteiger partial charge is 0.449 e. The molecule has 0 bridgehead atoms. The van der Waals surface area contributed by atoms with Gasteiger partial charge in [-0.1, -0.05) is 29.8 Å². The van der Waals surface area contributed by atoms with Gasteiger partial charge in [0.05, 0.1) is 10.5 Å². The number of anilines is 1. The Balaban J connectivity index is 2.11. The first-order valence-electron chi connectivity index (χ1n) is 7.25. The highest BCUT2D eigenvalue weighted by Crippen LogP contribution is 2.18. The lowest BCUT2D eigenvalue weighted by Crippen LogP contribution is -2.30. The minimum absolute atomic E-state index is 0.118. The van der Waals surface area contributed by atoms with Gasteiger partial charge < -0.3 is 10.1 Å². The molecule has 132 valence electrons. The Kier molecular flexibility index (Phi) is 5.81. The Labute approximate surface area is 150 Å². The zero-order valence-electron chi connectivity index (χ0n) is 13.5. The highest BCUT2D eigenvalue weighted by molar-refractivity contribution is 7.90. The average Bonchev–Trinajstić information content (AvgIpc) is 2.54. The van der Waals surface area contributed by atoms with E-state index in [9.17, 15) is 18.0 Å². The van der Waals surface area contributed by atoms with Crippen LogP contribution in [0.5, 0.6) is 0 Å². The van der Waals surface area contributed by atoms with Crippen molar-refractivity contribution in [3.8, 4) is 0 Å². The molecule has 2 aromatic rings. The van der Waals surface area contributed by atoms with Gasteiger partial charge in [-0.25, -0.2) is 13.2 Å². The summed E-state index contributed by atoms with van der Waals surface area (Å²) in [6.45, 7) is 1.39. The van der Waals surface area contributed by atoms with Crippen molar-refractivity contribution in [1.82, 2.24) is 0 Å². The Morgan fingerprint density at radius 3 is 2.44 bits per heavy atom. The maximum Gasteiger partial charge on any atom is 0.340 e. The highest BCUT2D eigenvalue weighted by Gasteiger charge is 2.23. The highest BCUT2D eigenvalue weighted by atomic mass is 35.5. The van der Waals surface area contributed by atoms with Crippen molar-refractivity contribution in [1.29, 1.82) is 0 Å². The van der Waals surface area contributed by atoms with E-state index in [1.807, 2.05) is 0 Å². The van der Waals surface area contributed by atoms with Crippen LogP contribution in [0, 0.1) is 0 Å². The van der Waals surface area contributed by atoms with Crippen LogP contribution in [-0.2, 0) is 19.4 Å². The molecule has 0 heterocycles. The van der Waals surface area contributed by atoms with Gasteiger partial charge in [0.1, 0.15) is 0 Å². The molecule has 0 fully saturated rings. The van der Waals surface area contributed by atoms with Gasteiger partial charge in [0.25, 0.3) is 5.91 Å². The van der Waals surface area contributed by atoms with Crippen LogP contribution in [0.3, 0.4) is 0 Å². The van der Waals surface area contributed by atoms with E-state index < -0.39 is 27.8 Å². The van der Waals surface area contributed by atoms with Gasteiger partial charge in [-0.2, -0.15) is 0 Å². The van der Waals surface area contributed by atoms with Crippen molar-refractivity contribution in [3.05, 3.63) is 59.1 Å². The van der Waals surface area contributed by atoms with Crippen molar-refractivity contribution in [2.45, 2.75) is 17.9 Å². The topological polar surface area (TPSA) is 89.5 Å². The van der Waals surface area contributed by atoms with Crippen molar-refractivity contribution in [3.63, 3.8) is 0 Å². The summed E-state index contributed by atoms with van der Waals surface area (Å²) in [5.74, 6) is -1.46. The smallest absolute Gasteiger partial charge is 0.340 e. The third-order valence-electron chi connectivity index (χ3n) is 3.25. The van der Waals surface area contributed by atoms with E-state index >= 15 is 0 Å². The van der Waals surface area contributed by atoms with Crippen molar-refractivity contribution < 1.29 is 22.7 Å². The molecule has 0 saturated heterocycles. The van der Waals surface area contributed by atoms with Crippen LogP contribution >= 0.6 is 11.6 Å². The first-order chi connectivity index (χ1) is 11.7. The van der Waals surface area contributed by atoms with E-state index in [0.29, 0.717) is 10.7 Å². The Bertz CT molecular complexity index is 911. The Hall–Kier alpha value is -2.38. The van der Waals surface area contributed by atoms with E-state index in [4.69, 9.17) is 16.3 Å². The molecule has 0 saturated carbocycles. The number of benzene rings is 2. The van der Waals surface area contributed by atoms with Gasteiger partial charge in [0.15, 0.2) is 15.9 Å². The normalized spacial score (nSPS) is 12.3. The summed E-state index contributed by atoms with van der Waals surface area (Å²) in [5, 5.41) is 3.01. The van der Waals surface area contributed by atoms with Gasteiger partial charge in [0, 0.05) is 17.0 Å². The molecule has 0 radical (unpaired) electrons. The second-order valence-corrected chi connectivity index (χ2v) is 7.74. The van der Waals surface area contributed by atoms with Crippen LogP contribution in [0.4, 0.5) is 5.69 Å². The molecule has 0 aliphatic rings. The van der Waals surface area contributed by atoms with Crippen molar-refractivity contribution in [2.24, 2.45) is 0 Å². The number of nitrogens with one attached hydrogen (secondary N) is 1. The number of carbonyl (C=O) groups excluding carboxylic acids is 2. The lowest BCUT2D eigenvalue weighted by Gasteiger charge is -2.14. The van der Waals surface area contributed by atoms with Crippen LogP contribution in [0.1, 0.15) is 17.3 Å². The number of ether oxygens (including phenoxy) is 1. The number of amides is 1. The lowest BCUT2D eigenvalue weighted by molar-refractivity contribution is -0.123. The maximum absolute atomic E-state index is 12.2. The van der Waals surface area contributed by atoms with E-state index in [-0.39, 0.29) is 10.5 Å². The van der Waals surface area contributed by atoms with Crippen LogP contribution < -0.4 is 5.32 Å². The van der Waals surface area contributed by atoms with Gasteiger partial charge in [0.2, 0.25) is 0 Å². The molecule has 8 heteroatoms. The molecule has 2 aromatic carbocycles. The quantitative estimate of drug-likeness (QED) is 0.804. The predicted molar refractivity (Wildman–Crippen MR) is 94.5 cm³/mol. The molecular formula is C17H16ClNO5S. The van der Waals surface area contributed by atoms with Crippen LogP contribution in [0.25, 0.3) is 0 Å². The SMILES string of the molecule is C[C@@H](OC(=O)c1ccccc1S(C)(=O)=O)C(=O)Nc1cccc(Cl)c1. The summed E-state index contributed by atoms with van der Waals surface area (Å²) in [7, 11) is -3.60. The van der Waals surface area contributed by atoms with Gasteiger partial charge in [-0.15, -0.1) is 0 Å². The molecule has 0 aliphatic carbocycles. The number of hydrogen-bond acceptors (Lipinski definition) is 5. The summed E-state index contributed by atoms with van der Waals surface area (Å²) in [5.41, 5.74) is 0.337. The number of rotatable bonds is 5. The molecule has 25 heavy (non-hydrogen) atoms. The van der Waals surface area contributed by atoms with Gasteiger partial charge in [-0.3, -0.25) is 4.79 Å². The van der Waals surface area contributed by atoms with Crippen LogP contribution in [0.2, 0.25) is 5.02 Å². The fraction of sp³-hybridized carbons (Fsp3) is 0.176. The summed E-state index contributed by atoms with van der Waals surface area (Å²) < 4.78 is 28.6. The lowest BCUT2D eigenvalue weighted by atomic mass is 10.2. The van der Waals surface area contributed by atoms with Crippen molar-refractivity contribution in [2.75, 3.05) is 11.6 Å². The standard InChI is InChI=1S/C17H16ClNO5S/c1-11(16(20)19-13-7-5-6-12(18)10-13)24-17(21)14-8-3-4-9-15(14)25(2,22)23/h3-11H,1-2H3,(H,19,20)/t11-/m1/s1. The second kappa shape index (κ2) is 7.67. The first-order valence-corrected chi connectivity index (χ1v) is 9.52. The average molecular weight is 382 g/mol. The molecule has 0 aliphatic heterocycles. The maximum atomic E-state index is 12.2. The molecule has 1 atom stereocenters. The third kappa shape index (κ3) is 5.04. The van der Waals surface area contributed by atoms with Crippen LogP contribution in [0.15, 0.2) is 53.4 Å². The predicted octanol–water partition coefficient (Wildman–Crippen LogP) is 2.93. The van der Waals surface area contributed by atoms with Gasteiger partial charge >= 0.3 is 5.97 Å². The summed E-state index contributed by atoms with van der Waals surface area (Å²) in [4.78, 5) is 24.2. The Morgan fingerprint density at radius 1 is 1.12 bits per heavy atom. The number of carbonyl (C=O) groups is 2. The van der Waals surface area contributed by atoms with E-state index in [1.165, 1.54) is 31.2 Å². The minimum Gasteiger partial charge on any atom is -0.449 e. The third-order valence-corrected chi connectivity index (χ3v) is 4.64. The minimum atomic E-state index is -3.60. The fourth-order valence-corrected chi connectivity index (χ4v) is 3.11. The van der Waals surface area contributed by atoms with E-state index in [0.717, 1.165) is 6.26 Å². The first kappa shape index (κ1) is 19.0. The molecule has 1 N–H and O–H groups in total. The summed E-state index contributed by atoms with van der Waals surface area (Å²) in [6.07, 6.45) is -0.131. The van der Waals surface area contributed by atoms with E-state index in [2.05, 4.69) is 5.32 Å². The van der Waals surface area contributed by atoms with Crippen molar-refractivity contribution >= 4 is 39.0 Å². The fourth-order valence-electron chi connectivity index (χ4n) is 2.05. The summed E-state index contributed by atoms with van der Waals surface area (Å²) in [6, 6.07) is 12.2. The number of esters is 1. The van der Waals surface area contributed by atoms with Crippen LogP contribution in [-0.4, -0.2) is 32.7 Å². The number of sulfone groups is 1. The molecule has 6 nitrogen and oxygen atoms in total. The summed E-state index contributed by atoms with van der Waals surface area (Å²) >= 11 is 5.84. The Morgan fingerprint density at radius 2 is 1.80 bits per heavy atom. The molecule has 1 amide bonds. The number of hydrogen-bond donors (Lipinski definition) is 1. The molecular weight excluding hydrogens is 366 g/mol. The molecule has 0 unspecified atom stereocenters. The second-order valence-electron chi connectivity index (χ2n) is 5.32. The van der Waals surface area contributed by atoms with E-state index in [1.54, 1.807) is 24.3 Å². The zero-order chi connectivity index (χ0) is 18.6. The molecule has 2 rings (SSSR count). The zero-order valence-corrected chi connectivity index (χ0v) is 15.1. The van der Waals surface area contributed by atoms with Gasteiger partial charge in [-0.05, 0) is 37.3 Å².